The van der Waals surface area contributed by atoms with Crippen LogP contribution >= 0.6 is 22.9 Å². The number of amides is 1. The number of thiazole rings is 1. The third kappa shape index (κ3) is 4.97. The highest BCUT2D eigenvalue weighted by atomic mass is 35.5. The summed E-state index contributed by atoms with van der Waals surface area (Å²) in [6.45, 7) is 5.43. The molecule has 0 unspecified atom stereocenters. The largest absolute Gasteiger partial charge is 0.335 e. The van der Waals surface area contributed by atoms with Gasteiger partial charge in [0.2, 0.25) is 0 Å². The highest BCUT2D eigenvalue weighted by Crippen LogP contribution is 2.12. The van der Waals surface area contributed by atoms with Crippen molar-refractivity contribution in [1.29, 1.82) is 5.26 Å². The van der Waals surface area contributed by atoms with Crippen molar-refractivity contribution in [3.63, 3.8) is 0 Å². The maximum absolute atomic E-state index is 13.6. The quantitative estimate of drug-likeness (QED) is 0.556. The Kier molecular flexibility index (Phi) is 7.27. The molecule has 0 spiro atoms. The Hall–Kier alpha value is -3.25. The SMILES string of the molecule is CCN1CCN(C(=O)/C(C#N)=c2\s/c(=C/c3cccc(Cl)c3)c(=O)n2-c2ccc(F)cc2)CC1. The molecule has 2 heterocycles. The van der Waals surface area contributed by atoms with E-state index < -0.39 is 17.3 Å². The number of aromatic nitrogens is 1. The lowest BCUT2D eigenvalue weighted by Gasteiger charge is -2.33. The molecule has 4 rings (SSSR count). The number of nitrogens with zero attached hydrogens (tertiary/aromatic N) is 4. The fourth-order valence-corrected chi connectivity index (χ4v) is 5.13. The van der Waals surface area contributed by atoms with Crippen LogP contribution in [0.5, 0.6) is 0 Å². The minimum atomic E-state index is -0.450. The summed E-state index contributed by atoms with van der Waals surface area (Å²) in [5, 5.41) is 10.5. The van der Waals surface area contributed by atoms with Gasteiger partial charge in [-0.05, 0) is 54.6 Å². The van der Waals surface area contributed by atoms with Gasteiger partial charge in [-0.1, -0.05) is 30.7 Å². The van der Waals surface area contributed by atoms with Gasteiger partial charge in [-0.25, -0.2) is 4.39 Å². The number of carbonyl (C=O) groups is 1. The summed E-state index contributed by atoms with van der Waals surface area (Å²) in [6, 6.07) is 14.4. The van der Waals surface area contributed by atoms with Crippen LogP contribution in [0, 0.1) is 17.1 Å². The number of nitriles is 1. The highest BCUT2D eigenvalue weighted by molar-refractivity contribution is 7.07. The van der Waals surface area contributed by atoms with Crippen molar-refractivity contribution in [3.8, 4) is 11.8 Å². The molecular weight excluding hydrogens is 475 g/mol. The summed E-state index contributed by atoms with van der Waals surface area (Å²) >= 11 is 7.14. The van der Waals surface area contributed by atoms with E-state index in [0.29, 0.717) is 33.9 Å². The standard InChI is InChI=1S/C25H22ClFN4O2S/c1-2-29-10-12-30(13-11-29)23(32)21(16-28)25-31(20-8-6-19(27)7-9-20)24(33)22(34-25)15-17-4-3-5-18(26)14-17/h3-9,14-15H,2,10-13H2,1H3/b22-15+,25-21-. The fraction of sp³-hybridized carbons (Fsp3) is 0.240. The zero-order valence-corrected chi connectivity index (χ0v) is 20.1. The van der Waals surface area contributed by atoms with Crippen LogP contribution in [0.2, 0.25) is 5.02 Å². The molecule has 3 aromatic rings. The average Bonchev–Trinajstić information content (AvgIpc) is 3.15. The number of rotatable bonds is 4. The van der Waals surface area contributed by atoms with Crippen LogP contribution in [-0.2, 0) is 4.79 Å². The fourth-order valence-electron chi connectivity index (χ4n) is 3.83. The molecule has 2 aromatic carbocycles. The molecule has 1 aromatic heterocycles. The Bertz CT molecular complexity index is 1430. The van der Waals surface area contributed by atoms with Crippen LogP contribution in [0.4, 0.5) is 4.39 Å². The first-order valence-electron chi connectivity index (χ1n) is 10.8. The molecule has 0 radical (unpaired) electrons. The Balaban J connectivity index is 1.92. The van der Waals surface area contributed by atoms with Gasteiger partial charge in [0.05, 0.1) is 10.2 Å². The smallest absolute Gasteiger partial charge is 0.273 e. The van der Waals surface area contributed by atoms with Crippen LogP contribution in [0.1, 0.15) is 12.5 Å². The van der Waals surface area contributed by atoms with E-state index in [1.165, 1.54) is 28.8 Å². The predicted octanol–water partition coefficient (Wildman–Crippen LogP) is 2.36. The molecule has 0 saturated carbocycles. The van der Waals surface area contributed by atoms with Gasteiger partial charge in [0.15, 0.2) is 5.57 Å². The van der Waals surface area contributed by atoms with Crippen LogP contribution in [0.15, 0.2) is 53.3 Å². The Morgan fingerprint density at radius 3 is 2.50 bits per heavy atom. The summed E-state index contributed by atoms with van der Waals surface area (Å²) in [7, 11) is 0. The third-order valence-electron chi connectivity index (χ3n) is 5.70. The number of likely N-dealkylation sites (N-methyl/N-ethyl adjacent to an activating group) is 1. The van der Waals surface area contributed by atoms with Crippen LogP contribution in [0.3, 0.4) is 0 Å². The van der Waals surface area contributed by atoms with Gasteiger partial charge in [-0.15, -0.1) is 11.3 Å². The number of piperazine rings is 1. The molecule has 1 aliphatic rings. The molecule has 9 heteroatoms. The van der Waals surface area contributed by atoms with Crippen molar-refractivity contribution < 1.29 is 9.18 Å². The van der Waals surface area contributed by atoms with Crippen molar-refractivity contribution in [2.75, 3.05) is 32.7 Å². The first kappa shape index (κ1) is 23.9. The molecule has 0 aliphatic carbocycles. The van der Waals surface area contributed by atoms with Crippen LogP contribution < -0.4 is 14.8 Å². The topological polar surface area (TPSA) is 69.3 Å². The summed E-state index contributed by atoms with van der Waals surface area (Å²) in [5.74, 6) is -0.863. The summed E-state index contributed by atoms with van der Waals surface area (Å²) in [6.07, 6.45) is 1.67. The molecule has 1 saturated heterocycles. The number of hydrogen-bond acceptors (Lipinski definition) is 5. The van der Waals surface area contributed by atoms with Crippen molar-refractivity contribution >= 4 is 40.5 Å². The highest BCUT2D eigenvalue weighted by Gasteiger charge is 2.25. The summed E-state index contributed by atoms with van der Waals surface area (Å²) in [4.78, 5) is 30.6. The van der Waals surface area contributed by atoms with Gasteiger partial charge in [0.1, 0.15) is 16.5 Å². The van der Waals surface area contributed by atoms with Gasteiger partial charge >= 0.3 is 0 Å². The summed E-state index contributed by atoms with van der Waals surface area (Å²) < 4.78 is 15.4. The van der Waals surface area contributed by atoms with E-state index in [1.807, 2.05) is 6.07 Å². The second kappa shape index (κ2) is 10.3. The summed E-state index contributed by atoms with van der Waals surface area (Å²) in [5.41, 5.74) is 0.578. The number of halogens is 2. The molecule has 6 nitrogen and oxygen atoms in total. The van der Waals surface area contributed by atoms with E-state index in [2.05, 4.69) is 11.8 Å². The lowest BCUT2D eigenvalue weighted by molar-refractivity contribution is -0.126. The van der Waals surface area contributed by atoms with E-state index in [0.717, 1.165) is 31.0 Å². The minimum absolute atomic E-state index is 0.109. The van der Waals surface area contributed by atoms with E-state index in [1.54, 1.807) is 35.2 Å². The molecule has 1 aliphatic heterocycles. The zero-order valence-electron chi connectivity index (χ0n) is 18.5. The molecule has 34 heavy (non-hydrogen) atoms. The lowest BCUT2D eigenvalue weighted by atomic mass is 10.2. The Morgan fingerprint density at radius 2 is 1.88 bits per heavy atom. The van der Waals surface area contributed by atoms with Crippen molar-refractivity contribution in [2.45, 2.75) is 6.92 Å². The Labute approximate surface area is 205 Å². The normalized spacial score (nSPS) is 15.8. The predicted molar refractivity (Wildman–Crippen MR) is 132 cm³/mol. The molecule has 174 valence electrons. The Morgan fingerprint density at radius 1 is 1.18 bits per heavy atom. The van der Waals surface area contributed by atoms with Gasteiger partial charge in [0.25, 0.3) is 11.5 Å². The molecule has 0 bridgehead atoms. The van der Waals surface area contributed by atoms with Gasteiger partial charge in [-0.3, -0.25) is 14.2 Å². The number of carbonyl (C=O) groups excluding carboxylic acids is 1. The maximum Gasteiger partial charge on any atom is 0.273 e. The monoisotopic (exact) mass is 496 g/mol. The van der Waals surface area contributed by atoms with E-state index in [9.17, 15) is 19.2 Å². The van der Waals surface area contributed by atoms with Crippen molar-refractivity contribution in [2.24, 2.45) is 0 Å². The van der Waals surface area contributed by atoms with E-state index >= 15 is 0 Å². The van der Waals surface area contributed by atoms with Gasteiger partial charge < -0.3 is 9.80 Å². The number of hydrogen-bond donors (Lipinski definition) is 0. The first-order valence-corrected chi connectivity index (χ1v) is 12.0. The third-order valence-corrected chi connectivity index (χ3v) is 7.03. The number of benzene rings is 2. The maximum atomic E-state index is 13.6. The molecule has 1 amide bonds. The second-order valence-electron chi connectivity index (χ2n) is 7.80. The average molecular weight is 497 g/mol. The molecular formula is C25H22ClFN4O2S. The van der Waals surface area contributed by atoms with Gasteiger partial charge in [-0.2, -0.15) is 5.26 Å². The van der Waals surface area contributed by atoms with Crippen molar-refractivity contribution in [3.05, 3.63) is 84.5 Å². The molecule has 1 fully saturated rings. The zero-order chi connectivity index (χ0) is 24.2. The van der Waals surface area contributed by atoms with Crippen LogP contribution in [0.25, 0.3) is 17.3 Å². The van der Waals surface area contributed by atoms with Crippen LogP contribution in [-0.4, -0.2) is 53.0 Å². The van der Waals surface area contributed by atoms with Gasteiger partial charge in [0, 0.05) is 31.2 Å². The van der Waals surface area contributed by atoms with E-state index in [-0.39, 0.29) is 10.2 Å². The second-order valence-corrected chi connectivity index (χ2v) is 9.27. The van der Waals surface area contributed by atoms with Crippen molar-refractivity contribution in [1.82, 2.24) is 14.4 Å². The lowest BCUT2D eigenvalue weighted by Crippen LogP contribution is -2.49. The first-order chi connectivity index (χ1) is 16.4. The molecule has 0 N–H and O–H groups in total. The van der Waals surface area contributed by atoms with E-state index in [4.69, 9.17) is 11.6 Å². The molecule has 0 atom stereocenters. The minimum Gasteiger partial charge on any atom is -0.335 e.